The molecule has 5 rings (SSSR count). The number of nitrogens with one attached hydrogen (secondary N) is 1. The maximum absolute atomic E-state index is 13.2. The summed E-state index contributed by atoms with van der Waals surface area (Å²) >= 11 is 0. The van der Waals surface area contributed by atoms with E-state index in [1.165, 1.54) is 0 Å². The van der Waals surface area contributed by atoms with Crippen molar-refractivity contribution < 1.29 is 9.59 Å². The molecule has 0 radical (unpaired) electrons. The van der Waals surface area contributed by atoms with Crippen LogP contribution in [0.5, 0.6) is 0 Å². The van der Waals surface area contributed by atoms with Crippen LogP contribution in [-0.4, -0.2) is 44.6 Å². The van der Waals surface area contributed by atoms with Crippen molar-refractivity contribution in [3.8, 4) is 17.1 Å². The van der Waals surface area contributed by atoms with Crippen molar-refractivity contribution >= 4 is 17.5 Å². The Morgan fingerprint density at radius 1 is 0.788 bits per heavy atom. The van der Waals surface area contributed by atoms with Crippen LogP contribution < -0.4 is 5.32 Å². The molecule has 1 saturated heterocycles. The summed E-state index contributed by atoms with van der Waals surface area (Å²) in [6, 6.07) is 26.2. The Labute approximate surface area is 191 Å². The lowest BCUT2D eigenvalue weighted by molar-refractivity contribution is 0.0794. The van der Waals surface area contributed by atoms with E-state index in [1.54, 1.807) is 28.9 Å². The molecule has 0 aliphatic carbocycles. The van der Waals surface area contributed by atoms with Crippen molar-refractivity contribution in [1.29, 1.82) is 0 Å². The number of likely N-dealkylation sites (tertiary alicyclic amines) is 1. The van der Waals surface area contributed by atoms with Crippen LogP contribution in [0.25, 0.3) is 17.1 Å². The number of hydrogen-bond donors (Lipinski definition) is 1. The lowest BCUT2D eigenvalue weighted by atomic mass is 10.1. The van der Waals surface area contributed by atoms with Gasteiger partial charge in [-0.25, -0.2) is 9.67 Å². The maximum Gasteiger partial charge on any atom is 0.295 e. The smallest absolute Gasteiger partial charge is 0.295 e. The van der Waals surface area contributed by atoms with Crippen LogP contribution in [0.4, 0.5) is 5.69 Å². The fourth-order valence-electron chi connectivity index (χ4n) is 3.98. The minimum absolute atomic E-state index is 0.0288. The zero-order valence-corrected chi connectivity index (χ0v) is 18.0. The molecule has 0 saturated carbocycles. The van der Waals surface area contributed by atoms with Gasteiger partial charge in [0.1, 0.15) is 0 Å². The number of carbonyl (C=O) groups excluding carboxylic acids is 2. The Morgan fingerprint density at radius 2 is 1.42 bits per heavy atom. The quantitative estimate of drug-likeness (QED) is 0.501. The Bertz CT molecular complexity index is 1220. The summed E-state index contributed by atoms with van der Waals surface area (Å²) < 4.78 is 1.66. The number of anilines is 1. The molecule has 164 valence electrons. The van der Waals surface area contributed by atoms with Crippen molar-refractivity contribution in [2.45, 2.75) is 12.8 Å². The van der Waals surface area contributed by atoms with Crippen molar-refractivity contribution in [1.82, 2.24) is 19.7 Å². The van der Waals surface area contributed by atoms with Crippen LogP contribution in [0, 0.1) is 0 Å². The highest BCUT2D eigenvalue weighted by Crippen LogP contribution is 2.23. The number of hydrogen-bond acceptors (Lipinski definition) is 4. The summed E-state index contributed by atoms with van der Waals surface area (Å²) in [5.41, 5.74) is 2.57. The summed E-state index contributed by atoms with van der Waals surface area (Å²) in [4.78, 5) is 32.5. The minimum atomic E-state index is -0.469. The first-order valence-corrected chi connectivity index (χ1v) is 11.0. The van der Waals surface area contributed by atoms with E-state index in [-0.39, 0.29) is 11.7 Å². The molecule has 0 spiro atoms. The molecule has 1 aliphatic rings. The normalized spacial score (nSPS) is 13.2. The van der Waals surface area contributed by atoms with Gasteiger partial charge < -0.3 is 10.2 Å². The second kappa shape index (κ2) is 9.08. The minimum Gasteiger partial charge on any atom is -0.339 e. The number of carbonyl (C=O) groups is 2. The predicted molar refractivity (Wildman–Crippen MR) is 126 cm³/mol. The Balaban J connectivity index is 1.48. The first-order chi connectivity index (χ1) is 16.2. The van der Waals surface area contributed by atoms with Gasteiger partial charge in [0.15, 0.2) is 5.82 Å². The lowest BCUT2D eigenvalue weighted by Gasteiger charge is -2.17. The van der Waals surface area contributed by atoms with Gasteiger partial charge in [-0.15, -0.1) is 5.10 Å². The molecule has 7 heteroatoms. The van der Waals surface area contributed by atoms with Crippen LogP contribution in [-0.2, 0) is 0 Å². The molecule has 0 bridgehead atoms. The van der Waals surface area contributed by atoms with Crippen LogP contribution >= 0.6 is 0 Å². The van der Waals surface area contributed by atoms with E-state index in [9.17, 15) is 9.59 Å². The highest BCUT2D eigenvalue weighted by atomic mass is 16.2. The van der Waals surface area contributed by atoms with E-state index in [2.05, 4.69) is 15.4 Å². The van der Waals surface area contributed by atoms with Crippen LogP contribution in [0.1, 0.15) is 33.8 Å². The van der Waals surface area contributed by atoms with E-state index in [4.69, 9.17) is 0 Å². The lowest BCUT2D eigenvalue weighted by Crippen LogP contribution is -2.29. The molecule has 7 nitrogen and oxygen atoms in total. The maximum atomic E-state index is 13.2. The van der Waals surface area contributed by atoms with E-state index in [0.717, 1.165) is 37.2 Å². The Morgan fingerprint density at radius 3 is 2.15 bits per heavy atom. The average molecular weight is 438 g/mol. The summed E-state index contributed by atoms with van der Waals surface area (Å²) in [6.45, 7) is 1.48. The molecule has 1 aromatic heterocycles. The van der Waals surface area contributed by atoms with Gasteiger partial charge in [0.25, 0.3) is 11.8 Å². The molecule has 2 heterocycles. The molecule has 0 atom stereocenters. The molecular formula is C26H23N5O2. The molecule has 3 aromatic carbocycles. The van der Waals surface area contributed by atoms with Crippen LogP contribution in [0.2, 0.25) is 0 Å². The Kier molecular flexibility index (Phi) is 5.68. The predicted octanol–water partition coefficient (Wildman–Crippen LogP) is 4.42. The van der Waals surface area contributed by atoms with Crippen molar-refractivity contribution in [2.24, 2.45) is 0 Å². The van der Waals surface area contributed by atoms with E-state index >= 15 is 0 Å². The number of amides is 2. The fourth-order valence-corrected chi connectivity index (χ4v) is 3.98. The molecule has 1 aliphatic heterocycles. The number of aromatic nitrogens is 3. The van der Waals surface area contributed by atoms with Crippen molar-refractivity contribution in [3.05, 3.63) is 96.3 Å². The third-order valence-electron chi connectivity index (χ3n) is 5.64. The number of nitrogens with zero attached hydrogens (tertiary/aromatic N) is 4. The van der Waals surface area contributed by atoms with E-state index in [0.29, 0.717) is 17.1 Å². The number of benzene rings is 3. The highest BCUT2D eigenvalue weighted by Gasteiger charge is 2.24. The summed E-state index contributed by atoms with van der Waals surface area (Å²) in [5, 5.41) is 7.35. The zero-order chi connectivity index (χ0) is 22.6. The monoisotopic (exact) mass is 437 g/mol. The summed E-state index contributed by atoms with van der Waals surface area (Å²) in [6.07, 6.45) is 2.01. The molecule has 0 unspecified atom stereocenters. The van der Waals surface area contributed by atoms with Gasteiger partial charge in [0.2, 0.25) is 5.82 Å². The van der Waals surface area contributed by atoms with Gasteiger partial charge in [0.05, 0.1) is 16.9 Å². The Hall–Kier alpha value is -4.26. The zero-order valence-electron chi connectivity index (χ0n) is 18.0. The first kappa shape index (κ1) is 20.6. The van der Waals surface area contributed by atoms with Crippen LogP contribution in [0.3, 0.4) is 0 Å². The van der Waals surface area contributed by atoms with Gasteiger partial charge in [-0.3, -0.25) is 9.59 Å². The topological polar surface area (TPSA) is 80.1 Å². The van der Waals surface area contributed by atoms with E-state index in [1.807, 2.05) is 65.6 Å². The largest absolute Gasteiger partial charge is 0.339 e. The third-order valence-corrected chi connectivity index (χ3v) is 5.64. The SMILES string of the molecule is O=C(Nc1ccccc1C(=O)N1CCCC1)c1nc(-c2ccccc2)n(-c2ccccc2)n1. The average Bonchev–Trinajstić information content (AvgIpc) is 3.56. The molecule has 1 N–H and O–H groups in total. The highest BCUT2D eigenvalue weighted by molar-refractivity contribution is 6.07. The van der Waals surface area contributed by atoms with Crippen molar-refractivity contribution in [3.63, 3.8) is 0 Å². The second-order valence-corrected chi connectivity index (χ2v) is 7.87. The number of rotatable bonds is 5. The van der Waals surface area contributed by atoms with Crippen LogP contribution in [0.15, 0.2) is 84.9 Å². The first-order valence-electron chi connectivity index (χ1n) is 11.0. The molecule has 2 amide bonds. The summed E-state index contributed by atoms with van der Waals surface area (Å²) in [5.74, 6) is 0.0502. The molecule has 33 heavy (non-hydrogen) atoms. The standard InChI is InChI=1S/C26H23N5O2/c32-25(27-22-16-8-7-15-21(22)26(33)30-17-9-10-18-30)23-28-24(19-11-3-1-4-12-19)31(29-23)20-13-5-2-6-14-20/h1-8,11-16H,9-10,17-18H2,(H,27,32). The second-order valence-electron chi connectivity index (χ2n) is 7.87. The summed E-state index contributed by atoms with van der Waals surface area (Å²) in [7, 11) is 0. The van der Waals surface area contributed by atoms with Gasteiger partial charge in [0, 0.05) is 18.7 Å². The molecule has 4 aromatic rings. The molecule has 1 fully saturated rings. The molecular weight excluding hydrogens is 414 g/mol. The number of para-hydroxylation sites is 2. The van der Waals surface area contributed by atoms with Gasteiger partial charge >= 0.3 is 0 Å². The van der Waals surface area contributed by atoms with E-state index < -0.39 is 5.91 Å². The fraction of sp³-hybridized carbons (Fsp3) is 0.154. The van der Waals surface area contributed by atoms with Gasteiger partial charge in [-0.05, 0) is 37.1 Å². The van der Waals surface area contributed by atoms with Gasteiger partial charge in [-0.1, -0.05) is 60.7 Å². The van der Waals surface area contributed by atoms with Crippen molar-refractivity contribution in [2.75, 3.05) is 18.4 Å². The third kappa shape index (κ3) is 4.25. The van der Waals surface area contributed by atoms with Gasteiger partial charge in [-0.2, -0.15) is 0 Å².